The minimum Gasteiger partial charge on any atom is -0.351 e. The predicted molar refractivity (Wildman–Crippen MR) is 76.8 cm³/mol. The van der Waals surface area contributed by atoms with Gasteiger partial charge in [-0.3, -0.25) is 4.79 Å². The molecule has 1 aromatic carbocycles. The second-order valence-electron chi connectivity index (χ2n) is 4.39. The van der Waals surface area contributed by atoms with Gasteiger partial charge in [-0.1, -0.05) is 16.6 Å². The smallest absolute Gasteiger partial charge is 0.264 e. The molecule has 2 N–H and O–H groups in total. The van der Waals surface area contributed by atoms with Gasteiger partial charge in [0.25, 0.3) is 5.91 Å². The first-order valence-electron chi connectivity index (χ1n) is 6.25. The summed E-state index contributed by atoms with van der Waals surface area (Å²) in [5.74, 6) is 0.735. The third-order valence-corrected chi connectivity index (χ3v) is 3.77. The largest absolute Gasteiger partial charge is 0.351 e. The van der Waals surface area contributed by atoms with E-state index < -0.39 is 0 Å². The summed E-state index contributed by atoms with van der Waals surface area (Å²) >= 11 is 1.11. The van der Waals surface area contributed by atoms with Crippen molar-refractivity contribution in [2.45, 2.75) is 13.3 Å². The summed E-state index contributed by atoms with van der Waals surface area (Å²) in [6.07, 6.45) is 0.658. The quantitative estimate of drug-likeness (QED) is 0.765. The topological polar surface area (TPSA) is 83.6 Å². The molecule has 0 saturated heterocycles. The SMILES string of the molecule is Cc1nnsc1C(=O)NCCc1nc2ccccc2[nH]1. The maximum Gasteiger partial charge on any atom is 0.264 e. The molecule has 0 bridgehead atoms. The lowest BCUT2D eigenvalue weighted by Gasteiger charge is -2.01. The van der Waals surface area contributed by atoms with Crippen LogP contribution in [0.3, 0.4) is 0 Å². The Labute approximate surface area is 119 Å². The summed E-state index contributed by atoms with van der Waals surface area (Å²) < 4.78 is 3.75. The van der Waals surface area contributed by atoms with Crippen molar-refractivity contribution in [2.24, 2.45) is 0 Å². The zero-order valence-corrected chi connectivity index (χ0v) is 11.7. The molecule has 0 unspecified atom stereocenters. The number of rotatable bonds is 4. The first kappa shape index (κ1) is 12.7. The van der Waals surface area contributed by atoms with Crippen molar-refractivity contribution in [1.29, 1.82) is 0 Å². The van der Waals surface area contributed by atoms with Gasteiger partial charge < -0.3 is 10.3 Å². The van der Waals surface area contributed by atoms with Crippen molar-refractivity contribution in [3.8, 4) is 0 Å². The molecule has 0 atom stereocenters. The highest BCUT2D eigenvalue weighted by atomic mass is 32.1. The maximum absolute atomic E-state index is 11.9. The number of imidazole rings is 1. The van der Waals surface area contributed by atoms with Crippen LogP contribution in [0.15, 0.2) is 24.3 Å². The number of benzene rings is 1. The second kappa shape index (κ2) is 5.38. The molecular formula is C13H13N5OS. The summed E-state index contributed by atoms with van der Waals surface area (Å²) in [6, 6.07) is 7.86. The van der Waals surface area contributed by atoms with Crippen LogP contribution in [-0.2, 0) is 6.42 Å². The van der Waals surface area contributed by atoms with Crippen molar-refractivity contribution in [2.75, 3.05) is 6.54 Å². The number of fused-ring (bicyclic) bond motifs is 1. The van der Waals surface area contributed by atoms with Crippen LogP contribution in [-0.4, -0.2) is 32.0 Å². The minimum absolute atomic E-state index is 0.131. The van der Waals surface area contributed by atoms with E-state index >= 15 is 0 Å². The molecule has 0 radical (unpaired) electrons. The molecule has 2 aromatic heterocycles. The highest BCUT2D eigenvalue weighted by molar-refractivity contribution is 7.07. The highest BCUT2D eigenvalue weighted by Crippen LogP contribution is 2.11. The Balaban J connectivity index is 1.60. The van der Waals surface area contributed by atoms with Crippen LogP contribution in [0.5, 0.6) is 0 Å². The number of para-hydroxylation sites is 2. The Morgan fingerprint density at radius 1 is 1.40 bits per heavy atom. The van der Waals surface area contributed by atoms with E-state index in [1.165, 1.54) is 0 Å². The molecule has 3 rings (SSSR count). The molecule has 0 aliphatic rings. The number of hydrogen-bond donors (Lipinski definition) is 2. The first-order valence-corrected chi connectivity index (χ1v) is 7.02. The van der Waals surface area contributed by atoms with Gasteiger partial charge >= 0.3 is 0 Å². The van der Waals surface area contributed by atoms with Gasteiger partial charge in [0.15, 0.2) is 0 Å². The van der Waals surface area contributed by atoms with E-state index in [1.54, 1.807) is 6.92 Å². The third-order valence-electron chi connectivity index (χ3n) is 2.94. The molecule has 0 aliphatic heterocycles. The number of amides is 1. The summed E-state index contributed by atoms with van der Waals surface area (Å²) in [5.41, 5.74) is 2.61. The van der Waals surface area contributed by atoms with Gasteiger partial charge in [-0.05, 0) is 30.6 Å². The van der Waals surface area contributed by atoms with Gasteiger partial charge in [0.05, 0.1) is 16.7 Å². The normalized spacial score (nSPS) is 10.8. The number of aromatic amines is 1. The summed E-state index contributed by atoms with van der Waals surface area (Å²) in [6.45, 7) is 2.30. The molecule has 7 heteroatoms. The van der Waals surface area contributed by atoms with Crippen molar-refractivity contribution < 1.29 is 4.79 Å². The molecule has 3 aromatic rings. The van der Waals surface area contributed by atoms with E-state index in [-0.39, 0.29) is 5.91 Å². The predicted octanol–water partition coefficient (Wildman–Crippen LogP) is 1.70. The highest BCUT2D eigenvalue weighted by Gasteiger charge is 2.12. The lowest BCUT2D eigenvalue weighted by molar-refractivity contribution is 0.0957. The van der Waals surface area contributed by atoms with Crippen molar-refractivity contribution in [1.82, 2.24) is 24.9 Å². The van der Waals surface area contributed by atoms with E-state index in [1.807, 2.05) is 24.3 Å². The Bertz CT molecular complexity index is 715. The Kier molecular flexibility index (Phi) is 3.42. The Morgan fingerprint density at radius 2 is 2.25 bits per heavy atom. The van der Waals surface area contributed by atoms with E-state index in [2.05, 4.69) is 24.9 Å². The standard InChI is InChI=1S/C13H13N5OS/c1-8-12(20-18-17-8)13(19)14-7-6-11-15-9-4-2-3-5-10(9)16-11/h2-5H,6-7H2,1H3,(H,14,19)(H,15,16). The number of carbonyl (C=O) groups excluding carboxylic acids is 1. The monoisotopic (exact) mass is 287 g/mol. The fourth-order valence-corrected chi connectivity index (χ4v) is 2.51. The van der Waals surface area contributed by atoms with E-state index in [0.29, 0.717) is 23.5 Å². The van der Waals surface area contributed by atoms with Crippen LogP contribution in [0.1, 0.15) is 21.2 Å². The lowest BCUT2D eigenvalue weighted by Crippen LogP contribution is -2.25. The summed E-state index contributed by atoms with van der Waals surface area (Å²) in [4.78, 5) is 20.1. The molecule has 0 spiro atoms. The van der Waals surface area contributed by atoms with Gasteiger partial charge in [0, 0.05) is 13.0 Å². The maximum atomic E-state index is 11.9. The van der Waals surface area contributed by atoms with Crippen LogP contribution >= 0.6 is 11.5 Å². The zero-order valence-electron chi connectivity index (χ0n) is 10.9. The van der Waals surface area contributed by atoms with Crippen LogP contribution in [0, 0.1) is 6.92 Å². The van der Waals surface area contributed by atoms with Gasteiger partial charge in [0.1, 0.15) is 10.7 Å². The van der Waals surface area contributed by atoms with Crippen LogP contribution in [0.4, 0.5) is 0 Å². The van der Waals surface area contributed by atoms with E-state index in [4.69, 9.17) is 0 Å². The molecule has 20 heavy (non-hydrogen) atoms. The van der Waals surface area contributed by atoms with Crippen LogP contribution in [0.2, 0.25) is 0 Å². The van der Waals surface area contributed by atoms with Gasteiger partial charge in [0.2, 0.25) is 0 Å². The number of H-pyrrole nitrogens is 1. The summed E-state index contributed by atoms with van der Waals surface area (Å²) in [5, 5.41) is 6.67. The fraction of sp³-hybridized carbons (Fsp3) is 0.231. The van der Waals surface area contributed by atoms with Crippen LogP contribution in [0.25, 0.3) is 11.0 Å². The Morgan fingerprint density at radius 3 is 3.00 bits per heavy atom. The van der Waals surface area contributed by atoms with E-state index in [9.17, 15) is 4.79 Å². The summed E-state index contributed by atoms with van der Waals surface area (Å²) in [7, 11) is 0. The van der Waals surface area contributed by atoms with Gasteiger partial charge in [-0.15, -0.1) is 5.10 Å². The minimum atomic E-state index is -0.131. The number of aromatic nitrogens is 4. The molecule has 102 valence electrons. The lowest BCUT2D eigenvalue weighted by atomic mass is 10.3. The number of aryl methyl sites for hydroxylation is 1. The van der Waals surface area contributed by atoms with Crippen molar-refractivity contribution >= 4 is 28.5 Å². The third kappa shape index (κ3) is 2.53. The van der Waals surface area contributed by atoms with Crippen molar-refractivity contribution in [3.63, 3.8) is 0 Å². The number of carbonyl (C=O) groups is 1. The van der Waals surface area contributed by atoms with Gasteiger partial charge in [-0.2, -0.15) is 0 Å². The average Bonchev–Trinajstić information content (AvgIpc) is 3.04. The molecule has 0 fully saturated rings. The van der Waals surface area contributed by atoms with Crippen molar-refractivity contribution in [3.05, 3.63) is 40.7 Å². The van der Waals surface area contributed by atoms with Crippen LogP contribution < -0.4 is 5.32 Å². The molecule has 0 saturated carbocycles. The Hall–Kier alpha value is -2.28. The molecular weight excluding hydrogens is 274 g/mol. The second-order valence-corrected chi connectivity index (χ2v) is 5.15. The molecule has 1 amide bonds. The average molecular weight is 287 g/mol. The molecule has 0 aliphatic carbocycles. The zero-order chi connectivity index (χ0) is 13.9. The first-order chi connectivity index (χ1) is 9.74. The molecule has 6 nitrogen and oxygen atoms in total. The van der Waals surface area contributed by atoms with E-state index in [0.717, 1.165) is 28.4 Å². The van der Waals surface area contributed by atoms with Gasteiger partial charge in [-0.25, -0.2) is 4.98 Å². The number of nitrogens with one attached hydrogen (secondary N) is 2. The number of hydrogen-bond acceptors (Lipinski definition) is 5. The number of nitrogens with zero attached hydrogens (tertiary/aromatic N) is 3. The molecule has 2 heterocycles. The fourth-order valence-electron chi connectivity index (χ4n) is 1.94.